The molecule has 3 rings (SSSR count). The van der Waals surface area contributed by atoms with Crippen LogP contribution in [0.15, 0.2) is 26.7 Å². The summed E-state index contributed by atoms with van der Waals surface area (Å²) in [6, 6.07) is 3.79. The zero-order valence-electron chi connectivity index (χ0n) is 9.74. The Labute approximate surface area is 107 Å². The van der Waals surface area contributed by atoms with Crippen LogP contribution < -0.4 is 5.76 Å². The molecule has 0 bridgehead atoms. The van der Waals surface area contributed by atoms with E-state index < -0.39 is 5.76 Å². The van der Waals surface area contributed by atoms with Crippen LogP contribution in [0.25, 0.3) is 10.8 Å². The summed E-state index contributed by atoms with van der Waals surface area (Å²) in [7, 11) is 0. The Kier molecular flexibility index (Phi) is 3.26. The van der Waals surface area contributed by atoms with E-state index in [9.17, 15) is 4.79 Å². The van der Waals surface area contributed by atoms with Gasteiger partial charge in [-0.2, -0.15) is 4.68 Å². The molecule has 3 heterocycles. The minimum Gasteiger partial charge on any atom is -0.387 e. The molecule has 18 heavy (non-hydrogen) atoms. The van der Waals surface area contributed by atoms with Crippen molar-refractivity contribution in [3.8, 4) is 10.8 Å². The number of thiophene rings is 1. The Morgan fingerprint density at radius 3 is 2.94 bits per heavy atom. The van der Waals surface area contributed by atoms with Gasteiger partial charge in [0.15, 0.2) is 0 Å². The number of nitrogens with zero attached hydrogens (tertiary/aromatic N) is 3. The fourth-order valence-electron chi connectivity index (χ4n) is 1.83. The average Bonchev–Trinajstić information content (AvgIpc) is 3.01. The lowest BCUT2D eigenvalue weighted by atomic mass is 10.4. The van der Waals surface area contributed by atoms with Crippen LogP contribution in [-0.4, -0.2) is 41.0 Å². The van der Waals surface area contributed by atoms with Crippen LogP contribution in [0.3, 0.4) is 0 Å². The maximum atomic E-state index is 11.7. The second-order valence-corrected chi connectivity index (χ2v) is 4.97. The van der Waals surface area contributed by atoms with Gasteiger partial charge in [-0.25, -0.2) is 4.79 Å². The molecule has 2 aromatic rings. The van der Waals surface area contributed by atoms with E-state index in [0.717, 1.165) is 18.0 Å². The van der Waals surface area contributed by atoms with Crippen molar-refractivity contribution >= 4 is 11.3 Å². The van der Waals surface area contributed by atoms with Crippen molar-refractivity contribution in [2.45, 2.75) is 6.67 Å². The first-order valence-electron chi connectivity index (χ1n) is 5.75. The summed E-state index contributed by atoms with van der Waals surface area (Å²) in [6.07, 6.45) is 0. The molecule has 0 aliphatic carbocycles. The van der Waals surface area contributed by atoms with Gasteiger partial charge < -0.3 is 9.15 Å². The number of ether oxygens (including phenoxy) is 1. The van der Waals surface area contributed by atoms with Crippen LogP contribution in [0, 0.1) is 0 Å². The number of hydrogen-bond acceptors (Lipinski definition) is 6. The molecule has 0 atom stereocenters. The maximum Gasteiger partial charge on any atom is 0.438 e. The van der Waals surface area contributed by atoms with Crippen molar-refractivity contribution in [3.63, 3.8) is 0 Å². The molecule has 6 nitrogen and oxygen atoms in total. The maximum absolute atomic E-state index is 11.7. The van der Waals surface area contributed by atoms with Crippen LogP contribution in [0.2, 0.25) is 0 Å². The summed E-state index contributed by atoms with van der Waals surface area (Å²) < 4.78 is 11.8. The summed E-state index contributed by atoms with van der Waals surface area (Å²) in [5, 5.41) is 6.14. The van der Waals surface area contributed by atoms with E-state index in [0.29, 0.717) is 25.8 Å². The van der Waals surface area contributed by atoms with E-state index in [1.54, 1.807) is 0 Å². The molecule has 1 saturated heterocycles. The van der Waals surface area contributed by atoms with Crippen molar-refractivity contribution < 1.29 is 9.15 Å². The van der Waals surface area contributed by atoms with Crippen molar-refractivity contribution in [2.24, 2.45) is 0 Å². The largest absolute Gasteiger partial charge is 0.438 e. The van der Waals surface area contributed by atoms with Crippen molar-refractivity contribution in [1.82, 2.24) is 14.7 Å². The molecule has 1 aliphatic heterocycles. The number of morpholine rings is 1. The predicted molar refractivity (Wildman–Crippen MR) is 66.5 cm³/mol. The molecular formula is C11H13N3O3S. The molecule has 7 heteroatoms. The van der Waals surface area contributed by atoms with Gasteiger partial charge in [0, 0.05) is 13.1 Å². The normalized spacial score (nSPS) is 17.1. The highest BCUT2D eigenvalue weighted by atomic mass is 32.1. The standard InChI is InChI=1S/C11H13N3O3S/c15-11-14(8-13-3-5-16-6-4-13)12-10(17-11)9-2-1-7-18-9/h1-2,7H,3-6,8H2. The molecule has 0 spiro atoms. The Hall–Kier alpha value is -1.44. The smallest absolute Gasteiger partial charge is 0.387 e. The molecule has 0 aromatic carbocycles. The second kappa shape index (κ2) is 5.05. The summed E-state index contributed by atoms with van der Waals surface area (Å²) >= 11 is 1.50. The molecule has 0 N–H and O–H groups in total. The van der Waals surface area contributed by atoms with Gasteiger partial charge >= 0.3 is 5.76 Å². The third-order valence-electron chi connectivity index (χ3n) is 2.78. The fraction of sp³-hybridized carbons (Fsp3) is 0.455. The van der Waals surface area contributed by atoms with Gasteiger partial charge in [-0.05, 0) is 11.4 Å². The summed E-state index contributed by atoms with van der Waals surface area (Å²) in [5.41, 5.74) is 0. The fourth-order valence-corrected chi connectivity index (χ4v) is 2.47. The number of hydrogen-bond donors (Lipinski definition) is 0. The van der Waals surface area contributed by atoms with Gasteiger partial charge in [-0.15, -0.1) is 16.4 Å². The average molecular weight is 267 g/mol. The minimum absolute atomic E-state index is 0.392. The van der Waals surface area contributed by atoms with Gasteiger partial charge in [0.2, 0.25) is 0 Å². The third-order valence-corrected chi connectivity index (χ3v) is 3.63. The molecule has 1 aliphatic rings. The molecule has 0 amide bonds. The van der Waals surface area contributed by atoms with Crippen LogP contribution in [-0.2, 0) is 11.4 Å². The van der Waals surface area contributed by atoms with Gasteiger partial charge in [0.25, 0.3) is 5.89 Å². The molecular weight excluding hydrogens is 254 g/mol. The van der Waals surface area contributed by atoms with Crippen molar-refractivity contribution in [2.75, 3.05) is 26.3 Å². The summed E-state index contributed by atoms with van der Waals surface area (Å²) in [6.45, 7) is 3.48. The van der Waals surface area contributed by atoms with Gasteiger partial charge in [0.05, 0.1) is 18.1 Å². The SMILES string of the molecule is O=c1oc(-c2cccs2)nn1CN1CCOCC1. The summed E-state index contributed by atoms with van der Waals surface area (Å²) in [4.78, 5) is 14.7. The topological polar surface area (TPSA) is 60.5 Å². The number of rotatable bonds is 3. The van der Waals surface area contributed by atoms with E-state index in [1.807, 2.05) is 17.5 Å². The minimum atomic E-state index is -0.412. The van der Waals surface area contributed by atoms with E-state index in [1.165, 1.54) is 16.0 Å². The van der Waals surface area contributed by atoms with Crippen LogP contribution in [0.5, 0.6) is 0 Å². The van der Waals surface area contributed by atoms with Crippen LogP contribution in [0.1, 0.15) is 0 Å². The first-order valence-corrected chi connectivity index (χ1v) is 6.63. The monoisotopic (exact) mass is 267 g/mol. The Morgan fingerprint density at radius 1 is 1.39 bits per heavy atom. The molecule has 0 radical (unpaired) electrons. The molecule has 2 aromatic heterocycles. The number of aromatic nitrogens is 2. The quantitative estimate of drug-likeness (QED) is 0.825. The van der Waals surface area contributed by atoms with E-state index in [2.05, 4.69) is 10.00 Å². The van der Waals surface area contributed by atoms with Gasteiger partial charge in [-0.3, -0.25) is 4.90 Å². The molecule has 0 unspecified atom stereocenters. The third kappa shape index (κ3) is 2.38. The zero-order valence-corrected chi connectivity index (χ0v) is 10.6. The lowest BCUT2D eigenvalue weighted by molar-refractivity contribution is 0.0202. The Morgan fingerprint density at radius 2 is 2.22 bits per heavy atom. The lowest BCUT2D eigenvalue weighted by Crippen LogP contribution is -2.39. The highest BCUT2D eigenvalue weighted by Gasteiger charge is 2.15. The van der Waals surface area contributed by atoms with Crippen LogP contribution in [0.4, 0.5) is 0 Å². The van der Waals surface area contributed by atoms with Crippen LogP contribution >= 0.6 is 11.3 Å². The zero-order chi connectivity index (χ0) is 12.4. The molecule has 0 saturated carbocycles. The predicted octanol–water partition coefficient (Wildman–Crippen LogP) is 0.854. The van der Waals surface area contributed by atoms with Crippen molar-refractivity contribution in [3.05, 3.63) is 28.1 Å². The summed E-state index contributed by atoms with van der Waals surface area (Å²) in [5.74, 6) is -0.0202. The highest BCUT2D eigenvalue weighted by molar-refractivity contribution is 7.13. The first-order chi connectivity index (χ1) is 8.83. The first kappa shape index (κ1) is 11.6. The van der Waals surface area contributed by atoms with Crippen molar-refractivity contribution in [1.29, 1.82) is 0 Å². The Bertz CT molecular complexity index is 554. The molecule has 96 valence electrons. The van der Waals surface area contributed by atoms with Gasteiger partial charge in [-0.1, -0.05) is 6.07 Å². The second-order valence-electron chi connectivity index (χ2n) is 4.02. The highest BCUT2D eigenvalue weighted by Crippen LogP contribution is 2.21. The lowest BCUT2D eigenvalue weighted by Gasteiger charge is -2.25. The van der Waals surface area contributed by atoms with E-state index in [4.69, 9.17) is 9.15 Å². The Balaban J connectivity index is 1.78. The van der Waals surface area contributed by atoms with E-state index >= 15 is 0 Å². The molecule has 1 fully saturated rings. The van der Waals surface area contributed by atoms with E-state index in [-0.39, 0.29) is 0 Å². The van der Waals surface area contributed by atoms with Gasteiger partial charge in [0.1, 0.15) is 6.67 Å².